The number of rotatable bonds is 4. The van der Waals surface area contributed by atoms with Crippen LogP contribution in [0.5, 0.6) is 0 Å². The van der Waals surface area contributed by atoms with Gasteiger partial charge in [0.05, 0.1) is 16.9 Å². The summed E-state index contributed by atoms with van der Waals surface area (Å²) in [5, 5.41) is 5.05. The first-order valence-electron chi connectivity index (χ1n) is 8.51. The number of anilines is 1. The number of carbonyl (C=O) groups is 1. The number of likely N-dealkylation sites (tertiary alicyclic amines) is 1. The van der Waals surface area contributed by atoms with Gasteiger partial charge in [0.15, 0.2) is 0 Å². The normalized spacial score (nSPS) is 17.9. The monoisotopic (exact) mass is 352 g/mol. The zero-order chi connectivity index (χ0) is 17.2. The van der Waals surface area contributed by atoms with Crippen LogP contribution in [0.2, 0.25) is 0 Å². The summed E-state index contributed by atoms with van der Waals surface area (Å²) in [5.74, 6) is 0.602. The molecule has 1 N–H and O–H groups in total. The van der Waals surface area contributed by atoms with Crippen molar-refractivity contribution in [3.05, 3.63) is 42.2 Å². The highest BCUT2D eigenvalue weighted by Crippen LogP contribution is 2.27. The van der Waals surface area contributed by atoms with Gasteiger partial charge in [0.2, 0.25) is 5.91 Å². The fourth-order valence-corrected chi connectivity index (χ4v) is 3.94. The summed E-state index contributed by atoms with van der Waals surface area (Å²) in [7, 11) is 0. The standard InChI is InChI=1S/C19H20N4OS/c1-13-3-2-6-23(13)11-19(24)22-18-8-16-7-14(17-10-20-12-25-17)4-5-15(16)9-21-18/h4-5,7-10,12-13H,2-3,6,11H2,1H3,(H,21,22,24). The highest BCUT2D eigenvalue weighted by atomic mass is 32.1. The van der Waals surface area contributed by atoms with Gasteiger partial charge in [0.25, 0.3) is 0 Å². The van der Waals surface area contributed by atoms with Gasteiger partial charge in [-0.25, -0.2) is 4.98 Å². The molecule has 25 heavy (non-hydrogen) atoms. The molecule has 3 heterocycles. The number of nitrogens with zero attached hydrogens (tertiary/aromatic N) is 3. The third-order valence-corrected chi connectivity index (χ3v) is 5.57. The smallest absolute Gasteiger partial charge is 0.239 e. The van der Waals surface area contributed by atoms with Crippen molar-refractivity contribution < 1.29 is 4.79 Å². The number of pyridine rings is 1. The van der Waals surface area contributed by atoms with Gasteiger partial charge in [-0.2, -0.15) is 0 Å². The van der Waals surface area contributed by atoms with E-state index in [0.717, 1.165) is 27.8 Å². The quantitative estimate of drug-likeness (QED) is 0.776. The molecule has 1 aliphatic heterocycles. The van der Waals surface area contributed by atoms with E-state index in [0.29, 0.717) is 18.4 Å². The zero-order valence-electron chi connectivity index (χ0n) is 14.1. The predicted octanol–water partition coefficient (Wildman–Crippen LogP) is 3.78. The lowest BCUT2D eigenvalue weighted by Crippen LogP contribution is -2.35. The Morgan fingerprint density at radius 1 is 1.32 bits per heavy atom. The molecule has 1 atom stereocenters. The van der Waals surface area contributed by atoms with E-state index in [-0.39, 0.29) is 5.91 Å². The molecule has 1 unspecified atom stereocenters. The van der Waals surface area contributed by atoms with Crippen LogP contribution in [0.15, 0.2) is 42.2 Å². The Morgan fingerprint density at radius 2 is 2.24 bits per heavy atom. The Morgan fingerprint density at radius 3 is 3.00 bits per heavy atom. The van der Waals surface area contributed by atoms with Crippen LogP contribution in [0.3, 0.4) is 0 Å². The number of hydrogen-bond donors (Lipinski definition) is 1. The summed E-state index contributed by atoms with van der Waals surface area (Å²) < 4.78 is 0. The van der Waals surface area contributed by atoms with Crippen molar-refractivity contribution in [2.45, 2.75) is 25.8 Å². The van der Waals surface area contributed by atoms with E-state index in [4.69, 9.17) is 0 Å². The Bertz CT molecular complexity index is 894. The minimum absolute atomic E-state index is 0.000730. The lowest BCUT2D eigenvalue weighted by molar-refractivity contribution is -0.117. The lowest BCUT2D eigenvalue weighted by atomic mass is 10.1. The van der Waals surface area contributed by atoms with Gasteiger partial charge < -0.3 is 5.32 Å². The first-order chi connectivity index (χ1) is 12.2. The number of benzene rings is 1. The van der Waals surface area contributed by atoms with Crippen molar-refractivity contribution in [1.82, 2.24) is 14.9 Å². The van der Waals surface area contributed by atoms with Gasteiger partial charge in [-0.15, -0.1) is 11.3 Å². The number of thiazole rings is 1. The molecule has 0 aliphatic carbocycles. The van der Waals surface area contributed by atoms with Crippen LogP contribution in [0.25, 0.3) is 21.2 Å². The van der Waals surface area contributed by atoms with Crippen LogP contribution < -0.4 is 5.32 Å². The molecule has 4 rings (SSSR count). The molecular weight excluding hydrogens is 332 g/mol. The molecule has 1 amide bonds. The summed E-state index contributed by atoms with van der Waals surface area (Å²) >= 11 is 1.62. The highest BCUT2D eigenvalue weighted by Gasteiger charge is 2.22. The molecule has 5 nitrogen and oxygen atoms in total. The zero-order valence-corrected chi connectivity index (χ0v) is 14.9. The van der Waals surface area contributed by atoms with Crippen LogP contribution in [0.4, 0.5) is 5.82 Å². The SMILES string of the molecule is CC1CCCN1CC(=O)Nc1cc2cc(-c3cncs3)ccc2cn1. The number of hydrogen-bond acceptors (Lipinski definition) is 5. The molecular formula is C19H20N4OS. The molecule has 0 saturated carbocycles. The molecule has 1 aliphatic rings. The van der Waals surface area contributed by atoms with E-state index in [1.165, 1.54) is 12.8 Å². The number of aromatic nitrogens is 2. The van der Waals surface area contributed by atoms with E-state index < -0.39 is 0 Å². The minimum atomic E-state index is -0.000730. The predicted molar refractivity (Wildman–Crippen MR) is 102 cm³/mol. The Balaban J connectivity index is 1.52. The molecule has 128 valence electrons. The van der Waals surface area contributed by atoms with Crippen molar-refractivity contribution in [3.63, 3.8) is 0 Å². The van der Waals surface area contributed by atoms with E-state index in [1.807, 2.05) is 17.8 Å². The fourth-order valence-electron chi connectivity index (χ4n) is 3.32. The van der Waals surface area contributed by atoms with Gasteiger partial charge in [0, 0.05) is 23.8 Å². The number of nitrogens with one attached hydrogen (secondary N) is 1. The third kappa shape index (κ3) is 3.55. The largest absolute Gasteiger partial charge is 0.310 e. The maximum atomic E-state index is 12.3. The highest BCUT2D eigenvalue weighted by molar-refractivity contribution is 7.13. The molecule has 1 saturated heterocycles. The molecule has 1 fully saturated rings. The van der Waals surface area contributed by atoms with Crippen LogP contribution in [0.1, 0.15) is 19.8 Å². The average Bonchev–Trinajstić information content (AvgIpc) is 3.27. The van der Waals surface area contributed by atoms with Crippen molar-refractivity contribution in [2.24, 2.45) is 0 Å². The van der Waals surface area contributed by atoms with Crippen LogP contribution >= 0.6 is 11.3 Å². The van der Waals surface area contributed by atoms with Crippen molar-refractivity contribution in [2.75, 3.05) is 18.4 Å². The molecule has 0 spiro atoms. The first-order valence-corrected chi connectivity index (χ1v) is 9.39. The Hall–Kier alpha value is -2.31. The van der Waals surface area contributed by atoms with E-state index >= 15 is 0 Å². The van der Waals surface area contributed by atoms with Gasteiger partial charge in [0.1, 0.15) is 5.82 Å². The molecule has 2 aromatic heterocycles. The fraction of sp³-hybridized carbons (Fsp3) is 0.316. The summed E-state index contributed by atoms with van der Waals surface area (Å²) in [6.07, 6.45) is 6.01. The van der Waals surface area contributed by atoms with Crippen LogP contribution in [-0.4, -0.2) is 39.9 Å². The summed E-state index contributed by atoms with van der Waals surface area (Å²) in [4.78, 5) is 24.2. The molecule has 0 bridgehead atoms. The maximum Gasteiger partial charge on any atom is 0.239 e. The van der Waals surface area contributed by atoms with Gasteiger partial charge >= 0.3 is 0 Å². The minimum Gasteiger partial charge on any atom is -0.310 e. The first kappa shape index (κ1) is 16.2. The van der Waals surface area contributed by atoms with E-state index in [9.17, 15) is 4.79 Å². The molecule has 3 aromatic rings. The maximum absolute atomic E-state index is 12.3. The van der Waals surface area contributed by atoms with Crippen LogP contribution in [0, 0.1) is 0 Å². The van der Waals surface area contributed by atoms with E-state index in [2.05, 4.69) is 45.3 Å². The Labute approximate surface area is 150 Å². The van der Waals surface area contributed by atoms with E-state index in [1.54, 1.807) is 17.5 Å². The third-order valence-electron chi connectivity index (χ3n) is 4.74. The number of fused-ring (bicyclic) bond motifs is 1. The summed E-state index contributed by atoms with van der Waals surface area (Å²) in [5.41, 5.74) is 2.96. The van der Waals surface area contributed by atoms with Crippen molar-refractivity contribution >= 4 is 33.8 Å². The van der Waals surface area contributed by atoms with Gasteiger partial charge in [-0.1, -0.05) is 12.1 Å². The van der Waals surface area contributed by atoms with Crippen molar-refractivity contribution in [1.29, 1.82) is 0 Å². The van der Waals surface area contributed by atoms with Crippen molar-refractivity contribution in [3.8, 4) is 10.4 Å². The number of carbonyl (C=O) groups excluding carboxylic acids is 1. The summed E-state index contributed by atoms with van der Waals surface area (Å²) in [6.45, 7) is 3.61. The van der Waals surface area contributed by atoms with Gasteiger partial charge in [-0.3, -0.25) is 14.7 Å². The van der Waals surface area contributed by atoms with Gasteiger partial charge in [-0.05, 0) is 49.4 Å². The second kappa shape index (κ2) is 6.90. The second-order valence-corrected chi connectivity index (χ2v) is 7.39. The topological polar surface area (TPSA) is 58.1 Å². The lowest BCUT2D eigenvalue weighted by Gasteiger charge is -2.19. The average molecular weight is 352 g/mol. The second-order valence-electron chi connectivity index (χ2n) is 6.51. The molecule has 0 radical (unpaired) electrons. The summed E-state index contributed by atoms with van der Waals surface area (Å²) in [6, 6.07) is 8.66. The Kier molecular flexibility index (Phi) is 4.46. The molecule has 6 heteroatoms. The number of amides is 1. The van der Waals surface area contributed by atoms with Crippen LogP contribution in [-0.2, 0) is 4.79 Å². The molecule has 1 aromatic carbocycles.